The van der Waals surface area contributed by atoms with Gasteiger partial charge >= 0.3 is 6.01 Å². The Labute approximate surface area is 152 Å². The van der Waals surface area contributed by atoms with Crippen molar-refractivity contribution in [2.75, 3.05) is 20.2 Å². The van der Waals surface area contributed by atoms with Crippen molar-refractivity contribution in [3.63, 3.8) is 0 Å². The van der Waals surface area contributed by atoms with Crippen LogP contribution in [0.4, 0.5) is 4.39 Å². The number of nitrogens with one attached hydrogen (secondary N) is 1. The number of likely N-dealkylation sites (N-methyl/N-ethyl adjacent to an activating group) is 1. The van der Waals surface area contributed by atoms with E-state index in [1.807, 2.05) is 13.1 Å². The highest BCUT2D eigenvalue weighted by Gasteiger charge is 2.30. The lowest BCUT2D eigenvalue weighted by atomic mass is 9.91. The van der Waals surface area contributed by atoms with Gasteiger partial charge in [0.1, 0.15) is 5.82 Å². The molecule has 2 aromatic rings. The van der Waals surface area contributed by atoms with Crippen LogP contribution in [0.5, 0.6) is 6.01 Å². The van der Waals surface area contributed by atoms with Crippen molar-refractivity contribution in [2.45, 2.75) is 31.3 Å². The van der Waals surface area contributed by atoms with Crippen molar-refractivity contribution < 1.29 is 13.9 Å². The zero-order valence-corrected chi connectivity index (χ0v) is 14.8. The number of nitrogens with zero attached hydrogens (tertiary/aromatic N) is 3. The Morgan fingerprint density at radius 2 is 2.15 bits per heavy atom. The van der Waals surface area contributed by atoms with E-state index in [1.165, 1.54) is 6.07 Å². The molecule has 1 aliphatic heterocycles. The Bertz CT molecular complexity index is 728. The number of hydrogen-bond acceptors (Lipinski definition) is 5. The SMILES string of the molecule is CN1CCC[C@H](NC(=O)COc2ncccn2)[C@@H]1Cc1cccc(F)c1. The first-order valence-electron chi connectivity index (χ1n) is 8.75. The summed E-state index contributed by atoms with van der Waals surface area (Å²) in [4.78, 5) is 22.4. The third kappa shape index (κ3) is 4.98. The number of carbonyl (C=O) groups is 1. The zero-order chi connectivity index (χ0) is 18.4. The van der Waals surface area contributed by atoms with Crippen LogP contribution in [0, 0.1) is 5.82 Å². The largest absolute Gasteiger partial charge is 0.453 e. The summed E-state index contributed by atoms with van der Waals surface area (Å²) in [6.45, 7) is 0.831. The van der Waals surface area contributed by atoms with Crippen LogP contribution in [0.25, 0.3) is 0 Å². The Balaban J connectivity index is 1.59. The van der Waals surface area contributed by atoms with Crippen LogP contribution in [0.2, 0.25) is 0 Å². The van der Waals surface area contributed by atoms with E-state index < -0.39 is 0 Å². The summed E-state index contributed by atoms with van der Waals surface area (Å²) < 4.78 is 18.8. The van der Waals surface area contributed by atoms with E-state index >= 15 is 0 Å². The molecule has 7 heteroatoms. The predicted molar refractivity (Wildman–Crippen MR) is 95.2 cm³/mol. The topological polar surface area (TPSA) is 67.4 Å². The summed E-state index contributed by atoms with van der Waals surface area (Å²) in [5, 5.41) is 3.05. The van der Waals surface area contributed by atoms with Crippen LogP contribution in [-0.4, -0.2) is 53.1 Å². The first kappa shape index (κ1) is 18.3. The summed E-state index contributed by atoms with van der Waals surface area (Å²) in [5.41, 5.74) is 0.928. The molecule has 1 aliphatic rings. The smallest absolute Gasteiger partial charge is 0.316 e. The second-order valence-electron chi connectivity index (χ2n) is 6.52. The molecule has 1 amide bonds. The average molecular weight is 358 g/mol. The molecule has 2 heterocycles. The van der Waals surface area contributed by atoms with Gasteiger partial charge in [-0.05, 0) is 56.6 Å². The molecule has 1 saturated heterocycles. The highest BCUT2D eigenvalue weighted by Crippen LogP contribution is 2.20. The molecule has 0 saturated carbocycles. The van der Waals surface area contributed by atoms with Gasteiger partial charge in [-0.15, -0.1) is 0 Å². The van der Waals surface area contributed by atoms with Crippen LogP contribution in [0.1, 0.15) is 18.4 Å². The van der Waals surface area contributed by atoms with E-state index in [1.54, 1.807) is 30.6 Å². The van der Waals surface area contributed by atoms with Crippen molar-refractivity contribution in [3.05, 3.63) is 54.1 Å². The molecular formula is C19H23FN4O2. The lowest BCUT2D eigenvalue weighted by Crippen LogP contribution is -2.55. The molecule has 138 valence electrons. The van der Waals surface area contributed by atoms with Crippen LogP contribution < -0.4 is 10.1 Å². The lowest BCUT2D eigenvalue weighted by Gasteiger charge is -2.39. The van der Waals surface area contributed by atoms with E-state index in [2.05, 4.69) is 20.2 Å². The molecule has 26 heavy (non-hydrogen) atoms. The van der Waals surface area contributed by atoms with Gasteiger partial charge in [0.25, 0.3) is 5.91 Å². The first-order chi connectivity index (χ1) is 12.6. The molecule has 0 spiro atoms. The van der Waals surface area contributed by atoms with Gasteiger partial charge in [0.05, 0.1) is 0 Å². The van der Waals surface area contributed by atoms with Crippen molar-refractivity contribution in [2.24, 2.45) is 0 Å². The monoisotopic (exact) mass is 358 g/mol. The second kappa shape index (κ2) is 8.71. The molecule has 1 aromatic heterocycles. The minimum Gasteiger partial charge on any atom is -0.453 e. The predicted octanol–water partition coefficient (Wildman–Crippen LogP) is 1.82. The Morgan fingerprint density at radius 3 is 2.92 bits per heavy atom. The molecule has 1 fully saturated rings. The van der Waals surface area contributed by atoms with Crippen LogP contribution >= 0.6 is 0 Å². The Hall–Kier alpha value is -2.54. The van der Waals surface area contributed by atoms with Crippen LogP contribution in [-0.2, 0) is 11.2 Å². The molecule has 3 rings (SSSR count). The van der Waals surface area contributed by atoms with Crippen molar-refractivity contribution in [1.82, 2.24) is 20.2 Å². The summed E-state index contributed by atoms with van der Waals surface area (Å²) in [7, 11) is 2.04. The van der Waals surface area contributed by atoms with E-state index in [9.17, 15) is 9.18 Å². The first-order valence-corrected chi connectivity index (χ1v) is 8.75. The van der Waals surface area contributed by atoms with Crippen LogP contribution in [0.3, 0.4) is 0 Å². The maximum absolute atomic E-state index is 13.5. The highest BCUT2D eigenvalue weighted by atomic mass is 19.1. The molecule has 0 bridgehead atoms. The summed E-state index contributed by atoms with van der Waals surface area (Å²) in [6, 6.07) is 8.59. The zero-order valence-electron chi connectivity index (χ0n) is 14.8. The van der Waals surface area contributed by atoms with E-state index in [4.69, 9.17) is 4.74 Å². The molecule has 1 N–H and O–H groups in total. The number of likely N-dealkylation sites (tertiary alicyclic amines) is 1. The third-order valence-electron chi connectivity index (χ3n) is 4.61. The third-order valence-corrected chi connectivity index (χ3v) is 4.61. The van der Waals surface area contributed by atoms with Gasteiger partial charge < -0.3 is 15.0 Å². The summed E-state index contributed by atoms with van der Waals surface area (Å²) in [6.07, 6.45) is 5.69. The van der Waals surface area contributed by atoms with Gasteiger partial charge in [-0.25, -0.2) is 14.4 Å². The highest BCUT2D eigenvalue weighted by molar-refractivity contribution is 5.77. The van der Waals surface area contributed by atoms with Gasteiger partial charge in [0, 0.05) is 24.5 Å². The van der Waals surface area contributed by atoms with E-state index in [0.29, 0.717) is 6.42 Å². The minimum absolute atomic E-state index is 0.00944. The molecule has 6 nitrogen and oxygen atoms in total. The fourth-order valence-electron chi connectivity index (χ4n) is 3.34. The fraction of sp³-hybridized carbons (Fsp3) is 0.421. The Kier molecular flexibility index (Phi) is 6.12. The quantitative estimate of drug-likeness (QED) is 0.853. The lowest BCUT2D eigenvalue weighted by molar-refractivity contribution is -0.124. The molecule has 0 radical (unpaired) electrons. The molecule has 0 aliphatic carbocycles. The van der Waals surface area contributed by atoms with Gasteiger partial charge in [0.15, 0.2) is 6.61 Å². The number of benzene rings is 1. The summed E-state index contributed by atoms with van der Waals surface area (Å²) >= 11 is 0. The van der Waals surface area contributed by atoms with Crippen molar-refractivity contribution in [3.8, 4) is 6.01 Å². The summed E-state index contributed by atoms with van der Waals surface area (Å²) in [5.74, 6) is -0.445. The maximum Gasteiger partial charge on any atom is 0.316 e. The molecular weight excluding hydrogens is 335 g/mol. The number of rotatable bonds is 6. The van der Waals surface area contributed by atoms with Gasteiger partial charge in [-0.2, -0.15) is 0 Å². The Morgan fingerprint density at radius 1 is 1.35 bits per heavy atom. The fourth-order valence-corrected chi connectivity index (χ4v) is 3.34. The number of carbonyl (C=O) groups excluding carboxylic acids is 1. The number of hydrogen-bond donors (Lipinski definition) is 1. The standard InChI is InChI=1S/C19H23FN4O2/c1-24-10-3-7-16(17(24)12-14-5-2-6-15(20)11-14)23-18(25)13-26-19-21-8-4-9-22-19/h2,4-6,8-9,11,16-17H,3,7,10,12-13H2,1H3,(H,23,25)/t16-,17-/m0/s1. The van der Waals surface area contributed by atoms with Crippen molar-refractivity contribution >= 4 is 5.91 Å². The number of halogens is 1. The normalized spacial score (nSPS) is 20.5. The van der Waals surface area contributed by atoms with Crippen LogP contribution in [0.15, 0.2) is 42.7 Å². The number of amides is 1. The average Bonchev–Trinajstić information content (AvgIpc) is 2.64. The van der Waals surface area contributed by atoms with Gasteiger partial charge in [0.2, 0.25) is 0 Å². The van der Waals surface area contributed by atoms with Gasteiger partial charge in [-0.3, -0.25) is 4.79 Å². The molecule has 0 unspecified atom stereocenters. The number of piperidine rings is 1. The molecule has 2 atom stereocenters. The second-order valence-corrected chi connectivity index (χ2v) is 6.52. The molecule has 1 aromatic carbocycles. The van der Waals surface area contributed by atoms with E-state index in [0.717, 1.165) is 24.9 Å². The van der Waals surface area contributed by atoms with E-state index in [-0.39, 0.29) is 36.4 Å². The van der Waals surface area contributed by atoms with Gasteiger partial charge in [-0.1, -0.05) is 12.1 Å². The maximum atomic E-state index is 13.5. The number of aromatic nitrogens is 2. The number of ether oxygens (including phenoxy) is 1. The van der Waals surface area contributed by atoms with Crippen molar-refractivity contribution in [1.29, 1.82) is 0 Å². The minimum atomic E-state index is -0.238.